The Kier molecular flexibility index (Phi) is 13.4. The lowest BCUT2D eigenvalue weighted by Gasteiger charge is -2.37. The van der Waals surface area contributed by atoms with Crippen molar-refractivity contribution < 1.29 is 48.1 Å². The Hall–Kier alpha value is -6.16. The van der Waals surface area contributed by atoms with Crippen LogP contribution < -0.4 is 30.2 Å². The van der Waals surface area contributed by atoms with E-state index in [2.05, 4.69) is 16.0 Å². The smallest absolute Gasteiger partial charge is 0.247 e. The van der Waals surface area contributed by atoms with Gasteiger partial charge in [0.05, 0.1) is 20.8 Å². The van der Waals surface area contributed by atoms with Crippen LogP contribution in [-0.4, -0.2) is 133 Å². The van der Waals surface area contributed by atoms with E-state index in [9.17, 15) is 33.9 Å². The van der Waals surface area contributed by atoms with Gasteiger partial charge in [-0.1, -0.05) is 30.3 Å². The Labute approximate surface area is 331 Å². The quantitative estimate of drug-likeness (QED) is 0.288. The van der Waals surface area contributed by atoms with Gasteiger partial charge in [0, 0.05) is 40.4 Å². The number of aliphatic hydroxyl groups excluding tert-OH is 1. The second kappa shape index (κ2) is 18.2. The van der Waals surface area contributed by atoms with Gasteiger partial charge < -0.3 is 50.0 Å². The molecule has 0 aromatic heterocycles. The van der Waals surface area contributed by atoms with Gasteiger partial charge in [-0.05, 0) is 66.9 Å². The average Bonchev–Trinajstić information content (AvgIpc) is 3.21. The van der Waals surface area contributed by atoms with Crippen LogP contribution in [-0.2, 0) is 48.0 Å². The van der Waals surface area contributed by atoms with Crippen molar-refractivity contribution >= 4 is 35.4 Å². The monoisotopic (exact) mass is 786 g/mol. The summed E-state index contributed by atoms with van der Waals surface area (Å²) in [6, 6.07) is 11.4. The van der Waals surface area contributed by atoms with Crippen LogP contribution >= 0.6 is 0 Å². The largest absolute Gasteiger partial charge is 0.497 e. The van der Waals surface area contributed by atoms with Crippen molar-refractivity contribution in [2.45, 2.75) is 69.4 Å². The minimum Gasteiger partial charge on any atom is -0.497 e. The number of likely N-dealkylation sites (N-methyl/N-ethyl adjacent to an activating group) is 3. The van der Waals surface area contributed by atoms with Gasteiger partial charge >= 0.3 is 0 Å². The molecule has 0 spiro atoms. The molecule has 6 atom stereocenters. The molecule has 3 heterocycles. The van der Waals surface area contributed by atoms with E-state index in [4.69, 9.17) is 14.2 Å². The highest BCUT2D eigenvalue weighted by Crippen LogP contribution is 2.34. The van der Waals surface area contributed by atoms with Crippen LogP contribution in [0.25, 0.3) is 0 Å². The minimum atomic E-state index is -1.50. The third-order valence-corrected chi connectivity index (χ3v) is 10.4. The minimum absolute atomic E-state index is 0.00390. The first-order valence-electron chi connectivity index (χ1n) is 18.5. The number of fused-ring (bicyclic) bond motifs is 2. The van der Waals surface area contributed by atoms with Gasteiger partial charge in [-0.25, -0.2) is 0 Å². The van der Waals surface area contributed by atoms with Gasteiger partial charge in [-0.2, -0.15) is 0 Å². The molecule has 16 nitrogen and oxygen atoms in total. The summed E-state index contributed by atoms with van der Waals surface area (Å²) in [5, 5.41) is 18.2. The van der Waals surface area contributed by atoms with E-state index in [1.54, 1.807) is 66.7 Å². The molecule has 3 aromatic carbocycles. The van der Waals surface area contributed by atoms with Crippen molar-refractivity contribution in [3.05, 3.63) is 83.4 Å². The summed E-state index contributed by atoms with van der Waals surface area (Å²) in [5.74, 6) is -2.28. The molecule has 6 amide bonds. The van der Waals surface area contributed by atoms with Gasteiger partial charge in [0.25, 0.3) is 0 Å². The molecule has 0 radical (unpaired) electrons. The fraction of sp³-hybridized carbons (Fsp3) is 0.415. The molecule has 1 unspecified atom stereocenters. The van der Waals surface area contributed by atoms with Crippen LogP contribution in [0, 0.1) is 0 Å². The van der Waals surface area contributed by atoms with E-state index < -0.39 is 78.3 Å². The summed E-state index contributed by atoms with van der Waals surface area (Å²) < 4.78 is 16.9. The lowest BCUT2D eigenvalue weighted by atomic mass is 9.98. The van der Waals surface area contributed by atoms with Crippen LogP contribution in [0.3, 0.4) is 0 Å². The summed E-state index contributed by atoms with van der Waals surface area (Å²) in [7, 11) is 7.27. The van der Waals surface area contributed by atoms with Crippen LogP contribution in [0.5, 0.6) is 23.0 Å². The van der Waals surface area contributed by atoms with Gasteiger partial charge in [0.15, 0.2) is 11.5 Å². The summed E-state index contributed by atoms with van der Waals surface area (Å²) in [5.41, 5.74) is 1.92. The van der Waals surface area contributed by atoms with E-state index >= 15 is 0 Å². The van der Waals surface area contributed by atoms with Crippen molar-refractivity contribution in [3.8, 4) is 23.0 Å². The van der Waals surface area contributed by atoms with E-state index in [-0.39, 0.29) is 19.3 Å². The summed E-state index contributed by atoms with van der Waals surface area (Å²) in [6.45, 7) is 2.05. The fourth-order valence-electron chi connectivity index (χ4n) is 6.86. The maximum atomic E-state index is 14.7. The highest BCUT2D eigenvalue weighted by molar-refractivity contribution is 5.98. The number of nitrogens with zero attached hydrogens (tertiary/aromatic N) is 3. The molecule has 0 saturated carbocycles. The molecule has 6 rings (SSSR count). The number of carbonyl (C=O) groups excluding carboxylic acids is 6. The first kappa shape index (κ1) is 42.0. The van der Waals surface area contributed by atoms with Gasteiger partial charge in [0.2, 0.25) is 35.4 Å². The number of benzene rings is 3. The fourth-order valence-corrected chi connectivity index (χ4v) is 6.86. The molecule has 3 aromatic rings. The van der Waals surface area contributed by atoms with Gasteiger partial charge in [0.1, 0.15) is 47.8 Å². The molecule has 57 heavy (non-hydrogen) atoms. The van der Waals surface area contributed by atoms with Gasteiger partial charge in [-0.15, -0.1) is 0 Å². The molecule has 0 aliphatic carbocycles. The van der Waals surface area contributed by atoms with Crippen molar-refractivity contribution in [3.63, 3.8) is 0 Å². The summed E-state index contributed by atoms with van der Waals surface area (Å²) >= 11 is 0. The molecule has 4 N–H and O–H groups in total. The van der Waals surface area contributed by atoms with Crippen molar-refractivity contribution in [1.82, 2.24) is 30.7 Å². The standard InChI is InChI=1S/C41H50N6O10/c1-23-36(49)44-30(22-48)40(53)45(3)31(18-25-8-13-28(55-6)14-9-25)38(51)43-24(2)39(52)47(5)33-19-26-10-15-29(16-11-26)57-35-21-27(12-17-34(35)56-7)20-32(37(50)42-23)46(4)41(33)54/h8-17,21,23-24,30-33,48H,18-20,22H2,1-7H3,(H,42,50)(H,43,51)(H,44,49)/t23-,24+,30+,31+,32+,33?/m1/s1. The first-order valence-corrected chi connectivity index (χ1v) is 18.5. The third kappa shape index (κ3) is 9.63. The normalized spacial score (nSPS) is 24.1. The van der Waals surface area contributed by atoms with Gasteiger partial charge in [-0.3, -0.25) is 28.8 Å². The number of hydrogen-bond donors (Lipinski definition) is 4. The molecule has 6 bridgehead atoms. The summed E-state index contributed by atoms with van der Waals surface area (Å²) in [6.07, 6.45) is -0.000603. The van der Waals surface area contributed by atoms with E-state index in [0.29, 0.717) is 39.7 Å². The lowest BCUT2D eigenvalue weighted by molar-refractivity contribution is -0.149. The van der Waals surface area contributed by atoms with Crippen molar-refractivity contribution in [2.75, 3.05) is 42.0 Å². The van der Waals surface area contributed by atoms with Crippen LogP contribution in [0.1, 0.15) is 30.5 Å². The molecule has 3 aliphatic heterocycles. The van der Waals surface area contributed by atoms with E-state index in [1.807, 2.05) is 0 Å². The van der Waals surface area contributed by atoms with Crippen LogP contribution in [0.2, 0.25) is 0 Å². The second-order valence-corrected chi connectivity index (χ2v) is 14.3. The molecule has 304 valence electrons. The number of ether oxygens (including phenoxy) is 3. The topological polar surface area (TPSA) is 196 Å². The Bertz CT molecular complexity index is 1970. The summed E-state index contributed by atoms with van der Waals surface area (Å²) in [4.78, 5) is 88.2. The maximum Gasteiger partial charge on any atom is 0.247 e. The predicted molar refractivity (Wildman–Crippen MR) is 208 cm³/mol. The van der Waals surface area contributed by atoms with E-state index in [0.717, 1.165) is 4.90 Å². The van der Waals surface area contributed by atoms with Crippen LogP contribution in [0.15, 0.2) is 66.7 Å². The Morgan fingerprint density at radius 3 is 1.91 bits per heavy atom. The zero-order valence-electron chi connectivity index (χ0n) is 33.1. The second-order valence-electron chi connectivity index (χ2n) is 14.3. The number of carbonyl (C=O) groups is 6. The molecule has 3 aliphatic rings. The Morgan fingerprint density at radius 1 is 0.667 bits per heavy atom. The molecule has 1 saturated heterocycles. The molecule has 1 fully saturated rings. The average molecular weight is 787 g/mol. The zero-order valence-corrected chi connectivity index (χ0v) is 33.1. The lowest BCUT2D eigenvalue weighted by Crippen LogP contribution is -2.62. The van der Waals surface area contributed by atoms with E-state index in [1.165, 1.54) is 59.0 Å². The molecule has 16 heteroatoms. The number of methoxy groups -OCH3 is 2. The number of rotatable bonds is 5. The number of nitrogens with one attached hydrogen (secondary N) is 3. The first-order chi connectivity index (χ1) is 27.1. The highest BCUT2D eigenvalue weighted by Gasteiger charge is 2.39. The van der Waals surface area contributed by atoms with Crippen molar-refractivity contribution in [1.29, 1.82) is 0 Å². The van der Waals surface area contributed by atoms with Crippen molar-refractivity contribution in [2.24, 2.45) is 0 Å². The third-order valence-electron chi connectivity index (χ3n) is 10.4. The number of hydrogen-bond acceptors (Lipinski definition) is 10. The molecular weight excluding hydrogens is 736 g/mol. The van der Waals surface area contributed by atoms with Crippen LogP contribution in [0.4, 0.5) is 0 Å². The maximum absolute atomic E-state index is 14.7. The predicted octanol–water partition coefficient (Wildman–Crippen LogP) is 0.819. The SMILES string of the molecule is COc1ccc(C[C@H]2C(=O)N[C@@H](C)C(=O)N(C)C3Cc4ccc(cc4)Oc4cc(ccc4OC)C[C@@H](C(=O)N[C@H](C)C(=O)N[C@@H](CO)C(=O)N2C)N(C)C3=O)cc1. The Balaban J connectivity index is 1.59. The zero-order chi connectivity index (χ0) is 41.6. The number of amides is 6. The Morgan fingerprint density at radius 2 is 1.28 bits per heavy atom. The molecular formula is C41H50N6O10. The number of aliphatic hydroxyl groups is 1. The highest BCUT2D eigenvalue weighted by atomic mass is 16.5.